The van der Waals surface area contributed by atoms with Crippen molar-refractivity contribution in [2.75, 3.05) is 26.2 Å². The fourth-order valence-corrected chi connectivity index (χ4v) is 3.47. The Morgan fingerprint density at radius 2 is 1.75 bits per heavy atom. The fraction of sp³-hybridized carbons (Fsp3) is 0.364. The largest absolute Gasteiger partial charge is 0.481 e. The molecule has 1 N–H and O–H groups in total. The minimum atomic E-state index is -0.702. The molecular weight excluding hydrogens is 376 g/mol. The lowest BCUT2D eigenvalue weighted by Gasteiger charge is -2.29. The molecule has 28 heavy (non-hydrogen) atoms. The molecule has 0 spiro atoms. The zero-order valence-corrected chi connectivity index (χ0v) is 16.6. The molecule has 0 aliphatic carbocycles. The molecule has 0 amide bonds. The number of hydrogen-bond donors (Lipinski definition) is 1. The number of hydrogen-bond acceptors (Lipinski definition) is 4. The predicted molar refractivity (Wildman–Crippen MR) is 113 cm³/mol. The quantitative estimate of drug-likeness (QED) is 0.411. The molecule has 1 aliphatic heterocycles. The van der Waals surface area contributed by atoms with Crippen LogP contribution in [0.15, 0.2) is 65.8 Å². The SMILES string of the molecule is Cl.O=C(O)[C@@H]1CCCN(CCO/N=C\C(c2ccccc2)c2ccccc2)C1. The van der Waals surface area contributed by atoms with E-state index in [1.807, 2.05) is 42.6 Å². The highest BCUT2D eigenvalue weighted by molar-refractivity contribution is 5.85. The van der Waals surface area contributed by atoms with Crippen LogP contribution in [0, 0.1) is 5.92 Å². The van der Waals surface area contributed by atoms with Gasteiger partial charge in [0, 0.05) is 19.0 Å². The van der Waals surface area contributed by atoms with Gasteiger partial charge in [-0.05, 0) is 30.5 Å². The summed E-state index contributed by atoms with van der Waals surface area (Å²) in [4.78, 5) is 18.8. The number of rotatable bonds is 8. The molecule has 0 radical (unpaired) electrons. The molecule has 6 heteroatoms. The fourth-order valence-electron chi connectivity index (χ4n) is 3.47. The molecule has 0 saturated carbocycles. The zero-order chi connectivity index (χ0) is 18.9. The summed E-state index contributed by atoms with van der Waals surface area (Å²) in [6.45, 7) is 2.67. The summed E-state index contributed by atoms with van der Waals surface area (Å²) >= 11 is 0. The van der Waals surface area contributed by atoms with Gasteiger partial charge in [0.2, 0.25) is 0 Å². The Morgan fingerprint density at radius 3 is 2.32 bits per heavy atom. The lowest BCUT2D eigenvalue weighted by Crippen LogP contribution is -2.40. The maximum atomic E-state index is 11.1. The van der Waals surface area contributed by atoms with Crippen LogP contribution < -0.4 is 0 Å². The smallest absolute Gasteiger partial charge is 0.307 e. The standard InChI is InChI=1S/C22H26N2O3.ClH/c25-22(26)20-12-7-13-24(17-20)14-15-27-23-16-21(18-8-3-1-4-9-18)19-10-5-2-6-11-19;/h1-6,8-11,16,20-21H,7,12-15,17H2,(H,25,26);1H/b23-16-;/t20-;/m1./s1. The third-order valence-electron chi connectivity index (χ3n) is 4.96. The second kappa shape index (κ2) is 11.5. The molecule has 0 aromatic heterocycles. The first-order valence-electron chi connectivity index (χ1n) is 9.44. The van der Waals surface area contributed by atoms with Crippen molar-refractivity contribution in [1.29, 1.82) is 0 Å². The van der Waals surface area contributed by atoms with E-state index in [0.717, 1.165) is 30.5 Å². The Labute approximate surface area is 172 Å². The van der Waals surface area contributed by atoms with Crippen LogP contribution in [0.4, 0.5) is 0 Å². The Balaban J connectivity index is 0.00000280. The van der Waals surface area contributed by atoms with Crippen LogP contribution in [0.2, 0.25) is 0 Å². The number of likely N-dealkylation sites (tertiary alicyclic amines) is 1. The highest BCUT2D eigenvalue weighted by atomic mass is 35.5. The molecule has 1 fully saturated rings. The van der Waals surface area contributed by atoms with E-state index in [9.17, 15) is 4.79 Å². The molecule has 1 saturated heterocycles. The van der Waals surface area contributed by atoms with Crippen molar-refractivity contribution in [1.82, 2.24) is 4.90 Å². The van der Waals surface area contributed by atoms with E-state index in [2.05, 4.69) is 34.3 Å². The minimum absolute atomic E-state index is 0. The molecule has 2 aromatic rings. The molecule has 5 nitrogen and oxygen atoms in total. The lowest BCUT2D eigenvalue weighted by molar-refractivity contribution is -0.143. The van der Waals surface area contributed by atoms with Crippen LogP contribution in [0.1, 0.15) is 29.9 Å². The zero-order valence-electron chi connectivity index (χ0n) is 15.8. The number of aliphatic carboxylic acids is 1. The maximum absolute atomic E-state index is 11.1. The maximum Gasteiger partial charge on any atom is 0.307 e. The summed E-state index contributed by atoms with van der Waals surface area (Å²) in [5, 5.41) is 13.4. The van der Waals surface area contributed by atoms with E-state index >= 15 is 0 Å². The molecule has 150 valence electrons. The van der Waals surface area contributed by atoms with Crippen molar-refractivity contribution in [2.45, 2.75) is 18.8 Å². The Bertz CT molecular complexity index is 700. The molecule has 0 bridgehead atoms. The van der Waals surface area contributed by atoms with Crippen molar-refractivity contribution < 1.29 is 14.7 Å². The first-order chi connectivity index (χ1) is 13.2. The number of piperidine rings is 1. The summed E-state index contributed by atoms with van der Waals surface area (Å²) in [6.07, 6.45) is 3.52. The van der Waals surface area contributed by atoms with Crippen LogP contribution >= 0.6 is 12.4 Å². The molecule has 1 atom stereocenters. The summed E-state index contributed by atoms with van der Waals surface area (Å²) < 4.78 is 0. The van der Waals surface area contributed by atoms with E-state index in [1.54, 1.807) is 0 Å². The van der Waals surface area contributed by atoms with Crippen molar-refractivity contribution >= 4 is 24.6 Å². The first kappa shape index (κ1) is 21.9. The molecule has 1 aliphatic rings. The topological polar surface area (TPSA) is 62.1 Å². The van der Waals surface area contributed by atoms with Crippen LogP contribution in [0.3, 0.4) is 0 Å². The lowest BCUT2D eigenvalue weighted by atomic mass is 9.92. The Hall–Kier alpha value is -2.37. The highest BCUT2D eigenvalue weighted by Gasteiger charge is 2.24. The second-order valence-corrected chi connectivity index (χ2v) is 6.86. The van der Waals surface area contributed by atoms with Crippen molar-refractivity contribution in [2.24, 2.45) is 11.1 Å². The van der Waals surface area contributed by atoms with Crippen LogP contribution in [-0.4, -0.2) is 48.4 Å². The molecule has 0 unspecified atom stereocenters. The van der Waals surface area contributed by atoms with E-state index in [0.29, 0.717) is 19.7 Å². The van der Waals surface area contributed by atoms with Crippen molar-refractivity contribution in [3.05, 3.63) is 71.8 Å². The number of benzene rings is 2. The molecule has 3 rings (SSSR count). The molecule has 1 heterocycles. The van der Waals surface area contributed by atoms with E-state index in [4.69, 9.17) is 9.94 Å². The second-order valence-electron chi connectivity index (χ2n) is 6.86. The average molecular weight is 403 g/mol. The van der Waals surface area contributed by atoms with Gasteiger partial charge in [0.05, 0.1) is 12.1 Å². The number of carboxylic acids is 1. The van der Waals surface area contributed by atoms with Crippen LogP contribution in [0.5, 0.6) is 0 Å². The van der Waals surface area contributed by atoms with E-state index in [1.165, 1.54) is 0 Å². The van der Waals surface area contributed by atoms with Crippen molar-refractivity contribution in [3.8, 4) is 0 Å². The normalized spacial score (nSPS) is 17.4. The van der Waals surface area contributed by atoms with Gasteiger partial charge in [-0.2, -0.15) is 0 Å². The number of oxime groups is 1. The predicted octanol–water partition coefficient (Wildman–Crippen LogP) is 4.04. The van der Waals surface area contributed by atoms with Gasteiger partial charge in [0.15, 0.2) is 0 Å². The van der Waals surface area contributed by atoms with Crippen molar-refractivity contribution in [3.63, 3.8) is 0 Å². The van der Waals surface area contributed by atoms with Gasteiger partial charge in [0.25, 0.3) is 0 Å². The minimum Gasteiger partial charge on any atom is -0.481 e. The van der Waals surface area contributed by atoms with Gasteiger partial charge in [-0.15, -0.1) is 12.4 Å². The first-order valence-corrected chi connectivity index (χ1v) is 9.44. The Morgan fingerprint density at radius 1 is 1.14 bits per heavy atom. The number of nitrogens with zero attached hydrogens (tertiary/aromatic N) is 2. The molecule has 2 aromatic carbocycles. The molecular formula is C22H27ClN2O3. The van der Waals surface area contributed by atoms with E-state index in [-0.39, 0.29) is 24.2 Å². The van der Waals surface area contributed by atoms with Gasteiger partial charge in [-0.25, -0.2) is 0 Å². The van der Waals surface area contributed by atoms with Gasteiger partial charge in [-0.3, -0.25) is 9.69 Å². The average Bonchev–Trinajstić information content (AvgIpc) is 2.72. The monoisotopic (exact) mass is 402 g/mol. The summed E-state index contributed by atoms with van der Waals surface area (Å²) in [5.41, 5.74) is 2.33. The third-order valence-corrected chi connectivity index (χ3v) is 4.96. The van der Waals surface area contributed by atoms with Gasteiger partial charge in [0.1, 0.15) is 6.61 Å². The van der Waals surface area contributed by atoms with E-state index < -0.39 is 5.97 Å². The summed E-state index contributed by atoms with van der Waals surface area (Å²) in [6, 6.07) is 20.4. The number of halogens is 1. The Kier molecular flexibility index (Phi) is 8.98. The van der Waals surface area contributed by atoms with Crippen LogP contribution in [-0.2, 0) is 9.63 Å². The number of carboxylic acid groups (broad SMARTS) is 1. The highest BCUT2D eigenvalue weighted by Crippen LogP contribution is 2.22. The van der Waals surface area contributed by atoms with Crippen LogP contribution in [0.25, 0.3) is 0 Å². The van der Waals surface area contributed by atoms with Gasteiger partial charge < -0.3 is 9.94 Å². The summed E-state index contributed by atoms with van der Waals surface area (Å²) in [7, 11) is 0. The van der Waals surface area contributed by atoms with Gasteiger partial charge in [-0.1, -0.05) is 65.8 Å². The summed E-state index contributed by atoms with van der Waals surface area (Å²) in [5.74, 6) is -0.922. The van der Waals surface area contributed by atoms with Gasteiger partial charge >= 0.3 is 5.97 Å². The third kappa shape index (κ3) is 6.36. The number of carbonyl (C=O) groups is 1.